The van der Waals surface area contributed by atoms with Gasteiger partial charge in [0.1, 0.15) is 41.3 Å². The van der Waals surface area contributed by atoms with E-state index in [1.807, 2.05) is 25.1 Å². The zero-order valence-corrected chi connectivity index (χ0v) is 33.7. The molecule has 4 amide bonds. The monoisotopic (exact) mass is 809 g/mol. The molecule has 4 bridgehead atoms. The van der Waals surface area contributed by atoms with Gasteiger partial charge < -0.3 is 39.2 Å². The zero-order valence-electron chi connectivity index (χ0n) is 32.9. The summed E-state index contributed by atoms with van der Waals surface area (Å²) in [5.74, 6) is -1.56. The standard InChI is InChI=1S/C40H51N5O11S/c1-7-24-18-40(24,37(48)44-57(50,51)26-12-13-26)43-35(46)29-15-25-19-45(29)36(47)34(39(3,4)5)42-38(49)56-32-21-53-20-23(32)11-9-10-22-14-27-28(16-30(22)52-6)41-33(54-8-2)17-31(27)55-25/h7,9-10,14,16-17,23-26,29,32,34H,1,8,11-13,15,18-21H2,2-6H3,(H,42,49)(H,43,46)(H,44,48)/t23-,24+,25+,29-,32-,34+,40+/m0/s1. The third-order valence-electron chi connectivity index (χ3n) is 11.3. The first-order valence-corrected chi connectivity index (χ1v) is 21.0. The number of aromatic nitrogens is 1. The number of carbonyl (C=O) groups is 4. The second-order valence-electron chi connectivity index (χ2n) is 16.5. The van der Waals surface area contributed by atoms with Gasteiger partial charge in [0.15, 0.2) is 0 Å². The maximum absolute atomic E-state index is 14.7. The molecule has 0 spiro atoms. The van der Waals surface area contributed by atoms with Gasteiger partial charge in [-0.25, -0.2) is 18.2 Å². The summed E-state index contributed by atoms with van der Waals surface area (Å²) in [4.78, 5) is 62.4. The summed E-state index contributed by atoms with van der Waals surface area (Å²) in [6, 6.07) is 3.00. The van der Waals surface area contributed by atoms with E-state index >= 15 is 0 Å². The molecule has 2 saturated carbocycles. The minimum absolute atomic E-state index is 0.00645. The van der Waals surface area contributed by atoms with Crippen molar-refractivity contribution in [2.45, 2.75) is 94.9 Å². The fraction of sp³-hybridized carbons (Fsp3) is 0.575. The molecule has 7 atom stereocenters. The number of hydrogen-bond donors (Lipinski definition) is 3. The van der Waals surface area contributed by atoms with Crippen molar-refractivity contribution in [1.82, 2.24) is 25.2 Å². The molecule has 57 heavy (non-hydrogen) atoms. The number of fused-ring (bicyclic) bond motifs is 4. The van der Waals surface area contributed by atoms with Crippen molar-refractivity contribution in [1.29, 1.82) is 0 Å². The highest BCUT2D eigenvalue weighted by Crippen LogP contribution is 2.46. The number of rotatable bonds is 9. The molecule has 2 saturated heterocycles. The van der Waals surface area contributed by atoms with Crippen LogP contribution in [0.2, 0.25) is 0 Å². The second kappa shape index (κ2) is 15.5. The summed E-state index contributed by atoms with van der Waals surface area (Å²) in [6.45, 7) is 11.8. The van der Waals surface area contributed by atoms with E-state index in [0.717, 1.165) is 5.56 Å². The van der Waals surface area contributed by atoms with E-state index < -0.39 is 80.3 Å². The summed E-state index contributed by atoms with van der Waals surface area (Å²) in [5, 5.41) is 5.56. The summed E-state index contributed by atoms with van der Waals surface area (Å²) < 4.78 is 57.5. The largest absolute Gasteiger partial charge is 0.496 e. The van der Waals surface area contributed by atoms with Gasteiger partial charge in [0.2, 0.25) is 27.7 Å². The van der Waals surface area contributed by atoms with Gasteiger partial charge >= 0.3 is 6.09 Å². The number of nitrogens with zero attached hydrogens (tertiary/aromatic N) is 2. The molecule has 3 aliphatic heterocycles. The summed E-state index contributed by atoms with van der Waals surface area (Å²) in [6.07, 6.45) is 4.77. The average molecular weight is 810 g/mol. The van der Waals surface area contributed by atoms with Gasteiger partial charge in [0, 0.05) is 41.3 Å². The molecule has 4 fully saturated rings. The number of methoxy groups -OCH3 is 1. The van der Waals surface area contributed by atoms with Crippen LogP contribution < -0.4 is 29.6 Å². The molecule has 1 aromatic heterocycles. The van der Waals surface area contributed by atoms with Crippen LogP contribution in [0.3, 0.4) is 0 Å². The number of allylic oxidation sites excluding steroid dienone is 1. The Morgan fingerprint density at radius 3 is 2.60 bits per heavy atom. The molecule has 0 unspecified atom stereocenters. The maximum atomic E-state index is 14.7. The molecule has 1 aromatic carbocycles. The van der Waals surface area contributed by atoms with Gasteiger partial charge in [-0.15, -0.1) is 6.58 Å². The Balaban J connectivity index is 1.28. The van der Waals surface area contributed by atoms with Crippen LogP contribution in [0.15, 0.2) is 36.9 Å². The molecule has 17 heteroatoms. The second-order valence-corrected chi connectivity index (χ2v) is 18.5. The first-order valence-electron chi connectivity index (χ1n) is 19.4. The normalized spacial score (nSPS) is 29.0. The highest BCUT2D eigenvalue weighted by molar-refractivity contribution is 7.91. The smallest absolute Gasteiger partial charge is 0.408 e. The predicted molar refractivity (Wildman–Crippen MR) is 208 cm³/mol. The van der Waals surface area contributed by atoms with Crippen molar-refractivity contribution in [3.63, 3.8) is 0 Å². The molecule has 308 valence electrons. The van der Waals surface area contributed by atoms with Crippen LogP contribution in [-0.2, 0) is 33.9 Å². The number of ether oxygens (including phenoxy) is 5. The predicted octanol–water partition coefficient (Wildman–Crippen LogP) is 3.23. The van der Waals surface area contributed by atoms with E-state index in [1.54, 1.807) is 40.0 Å². The maximum Gasteiger partial charge on any atom is 0.408 e. The van der Waals surface area contributed by atoms with Crippen LogP contribution in [0, 0.1) is 17.3 Å². The van der Waals surface area contributed by atoms with E-state index in [9.17, 15) is 27.6 Å². The van der Waals surface area contributed by atoms with E-state index in [-0.39, 0.29) is 31.9 Å². The quantitative estimate of drug-likeness (QED) is 0.313. The Bertz CT molecular complexity index is 2100. The Labute approximate surface area is 332 Å². The van der Waals surface area contributed by atoms with Crippen molar-refractivity contribution in [2.24, 2.45) is 17.3 Å². The highest BCUT2D eigenvalue weighted by Gasteiger charge is 2.62. The summed E-state index contributed by atoms with van der Waals surface area (Å²) in [7, 11) is -2.36. The fourth-order valence-electron chi connectivity index (χ4n) is 7.82. The molecule has 3 N–H and O–H groups in total. The molecule has 0 radical (unpaired) electrons. The lowest BCUT2D eigenvalue weighted by atomic mass is 9.85. The van der Waals surface area contributed by atoms with E-state index in [0.29, 0.717) is 60.8 Å². The minimum Gasteiger partial charge on any atom is -0.496 e. The molecule has 5 aliphatic rings. The van der Waals surface area contributed by atoms with Crippen LogP contribution >= 0.6 is 0 Å². The number of alkyl carbamates (subject to hydrolysis) is 1. The van der Waals surface area contributed by atoms with Gasteiger partial charge in [-0.3, -0.25) is 19.1 Å². The van der Waals surface area contributed by atoms with Crippen LogP contribution in [0.4, 0.5) is 4.79 Å². The Kier molecular flexibility index (Phi) is 10.9. The molecule has 7 rings (SSSR count). The number of amides is 4. The Hall–Kier alpha value is -4.90. The molecule has 2 aromatic rings. The number of benzene rings is 1. The van der Waals surface area contributed by atoms with Gasteiger partial charge in [0.05, 0.1) is 44.2 Å². The number of carbonyl (C=O) groups excluding carboxylic acids is 4. The fourth-order valence-corrected chi connectivity index (χ4v) is 9.18. The number of nitrogens with one attached hydrogen (secondary N) is 3. The van der Waals surface area contributed by atoms with Crippen molar-refractivity contribution < 1.29 is 51.3 Å². The topological polar surface area (TPSA) is 201 Å². The first-order chi connectivity index (χ1) is 27.1. The lowest BCUT2D eigenvalue weighted by Crippen LogP contribution is -2.60. The third kappa shape index (κ3) is 8.26. The van der Waals surface area contributed by atoms with Crippen LogP contribution in [0.25, 0.3) is 17.0 Å². The Morgan fingerprint density at radius 2 is 1.93 bits per heavy atom. The summed E-state index contributed by atoms with van der Waals surface area (Å²) in [5.41, 5.74) is -1.16. The number of pyridine rings is 1. The molecule has 4 heterocycles. The number of sulfonamides is 1. The van der Waals surface area contributed by atoms with E-state index in [2.05, 4.69) is 26.9 Å². The SMILES string of the molecule is C=C[C@@H]1C[C@]1(NC(=O)[C@@H]1C[C@@H]2CN1C(=O)[C@H](C(C)(C)C)NC(=O)O[C@H]1COC[C@@H]1CC=Cc1cc3c(cc(OCC)nc3cc1OC)O2)C(=O)NS(=O)(=O)C1CC1. The highest BCUT2D eigenvalue weighted by atomic mass is 32.2. The van der Waals surface area contributed by atoms with Crippen LogP contribution in [0.1, 0.15) is 65.4 Å². The van der Waals surface area contributed by atoms with Gasteiger partial charge in [-0.1, -0.05) is 39.0 Å². The van der Waals surface area contributed by atoms with Gasteiger partial charge in [0.25, 0.3) is 5.91 Å². The van der Waals surface area contributed by atoms with Crippen LogP contribution in [-0.4, -0.2) is 111 Å². The van der Waals surface area contributed by atoms with Crippen LogP contribution in [0.5, 0.6) is 17.4 Å². The molecular formula is C40H51N5O11S. The number of hydrogen-bond acceptors (Lipinski definition) is 12. The van der Waals surface area contributed by atoms with Crippen molar-refractivity contribution in [3.05, 3.63) is 42.5 Å². The van der Waals surface area contributed by atoms with E-state index in [4.69, 9.17) is 23.7 Å². The Morgan fingerprint density at radius 1 is 1.16 bits per heavy atom. The zero-order chi connectivity index (χ0) is 40.9. The van der Waals surface area contributed by atoms with E-state index in [1.165, 1.54) is 11.0 Å². The van der Waals surface area contributed by atoms with Crippen molar-refractivity contribution in [3.8, 4) is 17.4 Å². The third-order valence-corrected chi connectivity index (χ3v) is 13.1. The first kappa shape index (κ1) is 40.3. The van der Waals surface area contributed by atoms with Crippen molar-refractivity contribution >= 4 is 50.8 Å². The molecule has 2 aliphatic carbocycles. The van der Waals surface area contributed by atoms with Gasteiger partial charge in [-0.05, 0) is 44.1 Å². The minimum atomic E-state index is -3.92. The lowest BCUT2D eigenvalue weighted by molar-refractivity contribution is -0.143. The van der Waals surface area contributed by atoms with Crippen molar-refractivity contribution in [2.75, 3.05) is 33.5 Å². The average Bonchev–Trinajstić information content (AvgIpc) is 4.05. The van der Waals surface area contributed by atoms with Gasteiger partial charge in [-0.2, -0.15) is 0 Å². The summed E-state index contributed by atoms with van der Waals surface area (Å²) >= 11 is 0. The molecular weight excluding hydrogens is 759 g/mol. The molecule has 16 nitrogen and oxygen atoms in total. The lowest BCUT2D eigenvalue weighted by Gasteiger charge is -2.35.